The summed E-state index contributed by atoms with van der Waals surface area (Å²) in [6.07, 6.45) is 4.10. The lowest BCUT2D eigenvalue weighted by Gasteiger charge is -2.10. The molecular weight excluding hydrogens is 300 g/mol. The second-order valence-electron chi connectivity index (χ2n) is 5.55. The third-order valence-electron chi connectivity index (χ3n) is 3.35. The SMILES string of the molecule is CC(C)S(=O)(=O)NCCCCCNc1cccc(CC=O)c1. The molecule has 1 aromatic carbocycles. The van der Waals surface area contributed by atoms with Gasteiger partial charge in [-0.2, -0.15) is 0 Å². The average Bonchev–Trinajstić information content (AvgIpc) is 2.47. The first-order chi connectivity index (χ1) is 10.5. The van der Waals surface area contributed by atoms with Crippen molar-refractivity contribution in [3.8, 4) is 0 Å². The first-order valence-electron chi connectivity index (χ1n) is 7.70. The molecule has 0 aliphatic carbocycles. The number of carbonyl (C=O) groups excluding carboxylic acids is 1. The van der Waals surface area contributed by atoms with Gasteiger partial charge in [-0.15, -0.1) is 0 Å². The average molecular weight is 326 g/mol. The van der Waals surface area contributed by atoms with Gasteiger partial charge in [0.1, 0.15) is 6.29 Å². The van der Waals surface area contributed by atoms with Crippen molar-refractivity contribution in [3.05, 3.63) is 29.8 Å². The van der Waals surface area contributed by atoms with E-state index in [1.807, 2.05) is 24.3 Å². The van der Waals surface area contributed by atoms with Crippen molar-refractivity contribution in [2.45, 2.75) is 44.8 Å². The molecule has 0 saturated carbocycles. The van der Waals surface area contributed by atoms with Crippen LogP contribution in [0.25, 0.3) is 0 Å². The number of nitrogens with one attached hydrogen (secondary N) is 2. The monoisotopic (exact) mass is 326 g/mol. The van der Waals surface area contributed by atoms with Gasteiger partial charge in [-0.3, -0.25) is 0 Å². The summed E-state index contributed by atoms with van der Waals surface area (Å²) in [4.78, 5) is 10.5. The molecule has 2 N–H and O–H groups in total. The van der Waals surface area contributed by atoms with Crippen LogP contribution in [0.15, 0.2) is 24.3 Å². The molecule has 0 aliphatic heterocycles. The number of hydrogen-bond acceptors (Lipinski definition) is 4. The van der Waals surface area contributed by atoms with E-state index in [0.717, 1.165) is 43.3 Å². The highest BCUT2D eigenvalue weighted by Crippen LogP contribution is 2.11. The predicted octanol–water partition coefficient (Wildman–Crippen LogP) is 2.34. The van der Waals surface area contributed by atoms with Crippen molar-refractivity contribution in [3.63, 3.8) is 0 Å². The molecule has 0 atom stereocenters. The minimum Gasteiger partial charge on any atom is -0.385 e. The Kier molecular flexibility index (Phi) is 8.12. The molecule has 1 rings (SSSR count). The number of carbonyl (C=O) groups is 1. The Morgan fingerprint density at radius 3 is 2.55 bits per heavy atom. The predicted molar refractivity (Wildman–Crippen MR) is 90.6 cm³/mol. The summed E-state index contributed by atoms with van der Waals surface area (Å²) in [7, 11) is -3.14. The fourth-order valence-corrected chi connectivity index (χ4v) is 2.71. The topological polar surface area (TPSA) is 75.3 Å². The van der Waals surface area contributed by atoms with Crippen molar-refractivity contribution < 1.29 is 13.2 Å². The van der Waals surface area contributed by atoms with Gasteiger partial charge in [0.25, 0.3) is 0 Å². The molecule has 0 spiro atoms. The third kappa shape index (κ3) is 7.04. The van der Waals surface area contributed by atoms with E-state index in [-0.39, 0.29) is 5.25 Å². The largest absolute Gasteiger partial charge is 0.385 e. The molecule has 0 aliphatic rings. The Morgan fingerprint density at radius 2 is 1.86 bits per heavy atom. The first-order valence-corrected chi connectivity index (χ1v) is 9.25. The lowest BCUT2D eigenvalue weighted by molar-refractivity contribution is -0.107. The minimum atomic E-state index is -3.14. The zero-order valence-corrected chi connectivity index (χ0v) is 14.2. The van der Waals surface area contributed by atoms with E-state index in [2.05, 4.69) is 10.0 Å². The molecule has 0 radical (unpaired) electrons. The van der Waals surface area contributed by atoms with Crippen LogP contribution in [0.2, 0.25) is 0 Å². The number of hydrogen-bond donors (Lipinski definition) is 2. The van der Waals surface area contributed by atoms with Crippen LogP contribution in [0.1, 0.15) is 38.7 Å². The lowest BCUT2D eigenvalue weighted by atomic mass is 10.1. The highest BCUT2D eigenvalue weighted by atomic mass is 32.2. The Balaban J connectivity index is 2.16. The van der Waals surface area contributed by atoms with Gasteiger partial charge in [-0.1, -0.05) is 18.6 Å². The van der Waals surface area contributed by atoms with Crippen molar-refractivity contribution in [2.24, 2.45) is 0 Å². The van der Waals surface area contributed by atoms with Crippen LogP contribution in [0.4, 0.5) is 5.69 Å². The van der Waals surface area contributed by atoms with Gasteiger partial charge in [-0.25, -0.2) is 13.1 Å². The van der Waals surface area contributed by atoms with Crippen LogP contribution in [-0.4, -0.2) is 33.0 Å². The molecule has 0 unspecified atom stereocenters. The summed E-state index contributed by atoms with van der Waals surface area (Å²) in [5, 5.41) is 2.93. The fraction of sp³-hybridized carbons (Fsp3) is 0.562. The van der Waals surface area contributed by atoms with Gasteiger partial charge in [0.05, 0.1) is 5.25 Å². The van der Waals surface area contributed by atoms with Gasteiger partial charge in [0.15, 0.2) is 0 Å². The molecule has 22 heavy (non-hydrogen) atoms. The van der Waals surface area contributed by atoms with E-state index in [0.29, 0.717) is 13.0 Å². The van der Waals surface area contributed by atoms with Crippen molar-refractivity contribution in [1.29, 1.82) is 0 Å². The number of unbranched alkanes of at least 4 members (excludes halogenated alkanes) is 2. The third-order valence-corrected chi connectivity index (χ3v) is 5.20. The van der Waals surface area contributed by atoms with Gasteiger partial charge >= 0.3 is 0 Å². The Bertz CT molecular complexity index is 556. The highest BCUT2D eigenvalue weighted by molar-refractivity contribution is 7.90. The van der Waals surface area contributed by atoms with Crippen LogP contribution >= 0.6 is 0 Å². The standard InChI is InChI=1S/C16H26N2O3S/c1-14(2)22(20,21)18-11-5-3-4-10-17-16-8-6-7-15(13-16)9-12-19/h6-8,12-14,17-18H,3-5,9-11H2,1-2H3. The van der Waals surface area contributed by atoms with Crippen LogP contribution in [0, 0.1) is 0 Å². The highest BCUT2D eigenvalue weighted by Gasteiger charge is 2.13. The fourth-order valence-electron chi connectivity index (χ4n) is 1.95. The smallest absolute Gasteiger partial charge is 0.213 e. The molecular formula is C16H26N2O3S. The van der Waals surface area contributed by atoms with Crippen molar-refractivity contribution in [2.75, 3.05) is 18.4 Å². The Labute approximate surface area is 133 Å². The molecule has 0 amide bonds. The van der Waals surface area contributed by atoms with E-state index >= 15 is 0 Å². The maximum atomic E-state index is 11.5. The molecule has 6 heteroatoms. The second kappa shape index (κ2) is 9.58. The summed E-state index contributed by atoms with van der Waals surface area (Å²) >= 11 is 0. The number of aldehydes is 1. The van der Waals surface area contributed by atoms with Crippen molar-refractivity contribution >= 4 is 22.0 Å². The van der Waals surface area contributed by atoms with Crippen molar-refractivity contribution in [1.82, 2.24) is 4.72 Å². The molecule has 5 nitrogen and oxygen atoms in total. The summed E-state index contributed by atoms with van der Waals surface area (Å²) in [5.41, 5.74) is 2.02. The van der Waals surface area contributed by atoms with Crippen LogP contribution < -0.4 is 10.0 Å². The van der Waals surface area contributed by atoms with Gasteiger partial charge < -0.3 is 10.1 Å². The first kappa shape index (κ1) is 18.6. The zero-order chi connectivity index (χ0) is 16.4. The lowest BCUT2D eigenvalue weighted by Crippen LogP contribution is -2.31. The Hall–Kier alpha value is -1.40. The van der Waals surface area contributed by atoms with Gasteiger partial charge in [0, 0.05) is 25.2 Å². The van der Waals surface area contributed by atoms with E-state index in [1.165, 1.54) is 0 Å². The van der Waals surface area contributed by atoms with E-state index < -0.39 is 10.0 Å². The van der Waals surface area contributed by atoms with Gasteiger partial charge in [0.2, 0.25) is 10.0 Å². The summed E-state index contributed by atoms with van der Waals surface area (Å²) < 4.78 is 25.7. The summed E-state index contributed by atoms with van der Waals surface area (Å²) in [5.74, 6) is 0. The normalized spacial score (nSPS) is 11.6. The zero-order valence-electron chi connectivity index (χ0n) is 13.3. The molecule has 0 saturated heterocycles. The van der Waals surface area contributed by atoms with Crippen LogP contribution in [0.5, 0.6) is 0 Å². The van der Waals surface area contributed by atoms with Crippen LogP contribution in [-0.2, 0) is 21.2 Å². The molecule has 0 fully saturated rings. The van der Waals surface area contributed by atoms with E-state index in [1.54, 1.807) is 13.8 Å². The van der Waals surface area contributed by atoms with E-state index in [4.69, 9.17) is 0 Å². The maximum Gasteiger partial charge on any atom is 0.213 e. The quantitative estimate of drug-likeness (QED) is 0.483. The maximum absolute atomic E-state index is 11.5. The van der Waals surface area contributed by atoms with E-state index in [9.17, 15) is 13.2 Å². The second-order valence-corrected chi connectivity index (χ2v) is 7.87. The minimum absolute atomic E-state index is 0.382. The Morgan fingerprint density at radius 1 is 1.14 bits per heavy atom. The number of benzene rings is 1. The molecule has 124 valence electrons. The summed E-state index contributed by atoms with van der Waals surface area (Å²) in [6, 6.07) is 7.82. The molecule has 0 aromatic heterocycles. The molecule has 1 aromatic rings. The number of anilines is 1. The van der Waals surface area contributed by atoms with Gasteiger partial charge in [-0.05, 0) is 44.4 Å². The molecule has 0 heterocycles. The van der Waals surface area contributed by atoms with Crippen LogP contribution in [0.3, 0.4) is 0 Å². The number of sulfonamides is 1. The summed E-state index contributed by atoms with van der Waals surface area (Å²) in [6.45, 7) is 4.67. The molecule has 0 bridgehead atoms. The number of rotatable bonds is 11.